The van der Waals surface area contributed by atoms with Gasteiger partial charge in [0.05, 0.1) is 19.0 Å². The highest BCUT2D eigenvalue weighted by Crippen LogP contribution is 2.32. The lowest BCUT2D eigenvalue weighted by molar-refractivity contribution is -0.145. The van der Waals surface area contributed by atoms with E-state index < -0.39 is 17.8 Å². The minimum atomic E-state index is -0.688. The zero-order valence-corrected chi connectivity index (χ0v) is 18.5. The fourth-order valence-electron chi connectivity index (χ4n) is 4.95. The Balaban J connectivity index is 1.38. The molecule has 0 N–H and O–H groups in total. The molecule has 8 heteroatoms. The molecule has 1 aromatic carbocycles. The van der Waals surface area contributed by atoms with Gasteiger partial charge in [-0.2, -0.15) is 0 Å². The standard InChI is InChI=1S/C23H32N4O4/c1-3-31-20-11-7-6-10-19(20)25-14-12-24(13-15-25)16-26-21(28)22(29)27(23(26)30)18-9-5-4-8-17(18)2/h6-7,10-11,17-18H,3-5,8-9,12-16H2,1-2H3/t17-,18-/m0/s1. The van der Waals surface area contributed by atoms with Gasteiger partial charge in [0.2, 0.25) is 0 Å². The predicted molar refractivity (Wildman–Crippen MR) is 117 cm³/mol. The average molecular weight is 429 g/mol. The number of piperazine rings is 1. The Hall–Kier alpha value is -2.61. The summed E-state index contributed by atoms with van der Waals surface area (Å²) in [5.74, 6) is -0.241. The van der Waals surface area contributed by atoms with Crippen molar-refractivity contribution in [2.45, 2.75) is 45.6 Å². The smallest absolute Gasteiger partial charge is 0.335 e. The maximum Gasteiger partial charge on any atom is 0.335 e. The molecule has 168 valence electrons. The van der Waals surface area contributed by atoms with Crippen molar-refractivity contribution in [3.8, 4) is 5.75 Å². The average Bonchev–Trinajstić information content (AvgIpc) is 2.99. The van der Waals surface area contributed by atoms with Crippen LogP contribution in [0.2, 0.25) is 0 Å². The molecule has 2 saturated heterocycles. The summed E-state index contributed by atoms with van der Waals surface area (Å²) in [6.45, 7) is 7.74. The fourth-order valence-corrected chi connectivity index (χ4v) is 4.95. The van der Waals surface area contributed by atoms with Gasteiger partial charge in [-0.25, -0.2) is 9.69 Å². The van der Waals surface area contributed by atoms with Gasteiger partial charge in [-0.15, -0.1) is 0 Å². The molecule has 1 aliphatic carbocycles. The Morgan fingerprint density at radius 2 is 1.68 bits per heavy atom. The summed E-state index contributed by atoms with van der Waals surface area (Å²) >= 11 is 0. The van der Waals surface area contributed by atoms with Gasteiger partial charge in [-0.05, 0) is 37.8 Å². The SMILES string of the molecule is CCOc1ccccc1N1CCN(CN2C(=O)C(=O)N([C@H]3CCCC[C@@H]3C)C2=O)CC1. The Morgan fingerprint density at radius 1 is 0.968 bits per heavy atom. The van der Waals surface area contributed by atoms with Crippen LogP contribution < -0.4 is 9.64 Å². The van der Waals surface area contributed by atoms with Crippen LogP contribution in [0, 0.1) is 5.92 Å². The van der Waals surface area contributed by atoms with Gasteiger partial charge in [0.15, 0.2) is 0 Å². The van der Waals surface area contributed by atoms with Crippen molar-refractivity contribution >= 4 is 23.5 Å². The van der Waals surface area contributed by atoms with Crippen LogP contribution in [0.5, 0.6) is 5.75 Å². The number of rotatable bonds is 6. The molecule has 4 amide bonds. The van der Waals surface area contributed by atoms with E-state index in [1.165, 1.54) is 4.90 Å². The summed E-state index contributed by atoms with van der Waals surface area (Å²) < 4.78 is 5.75. The highest BCUT2D eigenvalue weighted by atomic mass is 16.5. The number of carbonyl (C=O) groups is 3. The molecule has 2 heterocycles. The number of carbonyl (C=O) groups excluding carboxylic acids is 3. The minimum absolute atomic E-state index is 0.158. The van der Waals surface area contributed by atoms with Crippen LogP contribution in [0.3, 0.4) is 0 Å². The molecule has 8 nitrogen and oxygen atoms in total. The summed E-state index contributed by atoms with van der Waals surface area (Å²) in [6, 6.07) is 7.38. The molecule has 0 aromatic heterocycles. The number of urea groups is 1. The number of ether oxygens (including phenoxy) is 1. The molecule has 3 aliphatic rings. The first-order valence-corrected chi connectivity index (χ1v) is 11.4. The third kappa shape index (κ3) is 4.26. The van der Waals surface area contributed by atoms with Crippen molar-refractivity contribution in [3.05, 3.63) is 24.3 Å². The number of benzene rings is 1. The molecule has 2 aliphatic heterocycles. The van der Waals surface area contributed by atoms with Gasteiger partial charge in [-0.3, -0.25) is 19.4 Å². The second kappa shape index (κ2) is 9.26. The quantitative estimate of drug-likeness (QED) is 0.512. The molecule has 3 fully saturated rings. The maximum atomic E-state index is 13.0. The van der Waals surface area contributed by atoms with Gasteiger partial charge in [-0.1, -0.05) is 31.9 Å². The van der Waals surface area contributed by atoms with Crippen molar-refractivity contribution in [2.75, 3.05) is 44.4 Å². The molecule has 2 atom stereocenters. The van der Waals surface area contributed by atoms with E-state index in [9.17, 15) is 14.4 Å². The van der Waals surface area contributed by atoms with Crippen LogP contribution in [0.4, 0.5) is 10.5 Å². The number of nitrogens with zero attached hydrogens (tertiary/aromatic N) is 4. The van der Waals surface area contributed by atoms with E-state index in [1.54, 1.807) is 0 Å². The molecule has 1 aromatic rings. The largest absolute Gasteiger partial charge is 0.492 e. The Kier molecular flexibility index (Phi) is 6.46. The van der Waals surface area contributed by atoms with Crippen LogP contribution in [0.15, 0.2) is 24.3 Å². The normalized spacial score (nSPS) is 25.5. The Bertz CT molecular complexity index is 837. The van der Waals surface area contributed by atoms with Gasteiger partial charge in [0, 0.05) is 32.2 Å². The lowest BCUT2D eigenvalue weighted by Crippen LogP contribution is -2.52. The highest BCUT2D eigenvalue weighted by molar-refractivity contribution is 6.44. The van der Waals surface area contributed by atoms with Gasteiger partial charge in [0.1, 0.15) is 5.75 Å². The summed E-state index contributed by atoms with van der Waals surface area (Å²) in [5, 5.41) is 0. The number of anilines is 1. The number of amides is 4. The van der Waals surface area contributed by atoms with E-state index in [2.05, 4.69) is 22.8 Å². The van der Waals surface area contributed by atoms with Crippen LogP contribution >= 0.6 is 0 Å². The van der Waals surface area contributed by atoms with Crippen molar-refractivity contribution in [1.29, 1.82) is 0 Å². The summed E-state index contributed by atoms with van der Waals surface area (Å²) in [4.78, 5) is 44.9. The van der Waals surface area contributed by atoms with Crippen LogP contribution in [0.1, 0.15) is 39.5 Å². The maximum absolute atomic E-state index is 13.0. The van der Waals surface area contributed by atoms with Gasteiger partial charge >= 0.3 is 17.8 Å². The third-order valence-corrected chi connectivity index (χ3v) is 6.70. The molecule has 1 saturated carbocycles. The Labute approximate surface area is 183 Å². The Morgan fingerprint density at radius 3 is 2.39 bits per heavy atom. The predicted octanol–water partition coefficient (Wildman–Crippen LogP) is 2.53. The zero-order chi connectivity index (χ0) is 22.0. The van der Waals surface area contributed by atoms with E-state index >= 15 is 0 Å². The second-order valence-electron chi connectivity index (χ2n) is 8.67. The van der Waals surface area contributed by atoms with Crippen LogP contribution in [-0.4, -0.2) is 78.0 Å². The summed E-state index contributed by atoms with van der Waals surface area (Å²) in [7, 11) is 0. The summed E-state index contributed by atoms with van der Waals surface area (Å²) in [5.41, 5.74) is 1.06. The molecule has 0 bridgehead atoms. The molecular weight excluding hydrogens is 396 g/mol. The number of imide groups is 2. The van der Waals surface area contributed by atoms with E-state index in [4.69, 9.17) is 4.74 Å². The van der Waals surface area contributed by atoms with Crippen LogP contribution in [-0.2, 0) is 9.59 Å². The van der Waals surface area contributed by atoms with Gasteiger partial charge in [0.25, 0.3) is 0 Å². The van der Waals surface area contributed by atoms with Crippen molar-refractivity contribution in [3.63, 3.8) is 0 Å². The first-order valence-electron chi connectivity index (χ1n) is 11.4. The lowest BCUT2D eigenvalue weighted by atomic mass is 9.85. The van der Waals surface area contributed by atoms with Crippen LogP contribution in [0.25, 0.3) is 0 Å². The molecule has 4 rings (SSSR count). The molecule has 31 heavy (non-hydrogen) atoms. The van der Waals surface area contributed by atoms with E-state index in [0.717, 1.165) is 55.1 Å². The third-order valence-electron chi connectivity index (χ3n) is 6.70. The van der Waals surface area contributed by atoms with Crippen molar-refractivity contribution in [2.24, 2.45) is 5.92 Å². The number of hydrogen-bond acceptors (Lipinski definition) is 6. The first-order chi connectivity index (χ1) is 15.0. The zero-order valence-electron chi connectivity index (χ0n) is 18.5. The topological polar surface area (TPSA) is 73.4 Å². The molecule has 0 spiro atoms. The molecule has 0 radical (unpaired) electrons. The summed E-state index contributed by atoms with van der Waals surface area (Å²) in [6.07, 6.45) is 3.88. The van der Waals surface area contributed by atoms with Gasteiger partial charge < -0.3 is 9.64 Å². The number of hydrogen-bond donors (Lipinski definition) is 0. The minimum Gasteiger partial charge on any atom is -0.492 e. The highest BCUT2D eigenvalue weighted by Gasteiger charge is 2.49. The van der Waals surface area contributed by atoms with E-state index in [0.29, 0.717) is 19.7 Å². The fraction of sp³-hybridized carbons (Fsp3) is 0.609. The molecule has 0 unspecified atom stereocenters. The molecular formula is C23H32N4O4. The number of para-hydroxylation sites is 2. The second-order valence-corrected chi connectivity index (χ2v) is 8.67. The van der Waals surface area contributed by atoms with E-state index in [1.807, 2.05) is 25.1 Å². The first kappa shape index (κ1) is 21.6. The van der Waals surface area contributed by atoms with Crippen molar-refractivity contribution in [1.82, 2.24) is 14.7 Å². The van der Waals surface area contributed by atoms with Crippen molar-refractivity contribution < 1.29 is 19.1 Å². The lowest BCUT2D eigenvalue weighted by Gasteiger charge is -2.38. The monoisotopic (exact) mass is 428 g/mol. The van der Waals surface area contributed by atoms with E-state index in [-0.39, 0.29) is 18.6 Å².